The average Bonchev–Trinajstić information content (AvgIpc) is 4.29. The molecule has 4 aromatic heterocycles. The van der Waals surface area contributed by atoms with Crippen LogP contribution in [-0.2, 0) is 56.5 Å². The van der Waals surface area contributed by atoms with Crippen LogP contribution >= 0.6 is 0 Å². The second kappa shape index (κ2) is 20.7. The average molecular weight is 1130 g/mol. The van der Waals surface area contributed by atoms with Gasteiger partial charge in [-0.2, -0.15) is 0 Å². The summed E-state index contributed by atoms with van der Waals surface area (Å²) in [4.78, 5) is 18.4. The first kappa shape index (κ1) is 39.3. The molecule has 2 fully saturated rings. The number of nitrogens with zero attached hydrogens (tertiary/aromatic N) is 4. The largest absolute Gasteiger partial charge is 3.00 e. The molecule has 12 rings (SSSR count). The van der Waals surface area contributed by atoms with Crippen molar-refractivity contribution in [2.75, 3.05) is 0 Å². The number of hydrogen-bond acceptors (Lipinski definition) is 4. The third kappa shape index (κ3) is 9.49. The van der Waals surface area contributed by atoms with E-state index in [0.717, 1.165) is 96.1 Å². The predicted octanol–water partition coefficient (Wildman–Crippen LogP) is 16.6. The number of rotatable bonds is 13. The maximum Gasteiger partial charge on any atom is 3.00 e. The first-order valence-electron chi connectivity index (χ1n) is 28.9. The van der Waals surface area contributed by atoms with Crippen LogP contribution in [0.1, 0.15) is 101 Å². The Kier molecular flexibility index (Phi) is 11.1. The molecule has 0 bridgehead atoms. The first-order valence-corrected chi connectivity index (χ1v) is 24.9. The molecule has 0 aliphatic heterocycles. The third-order valence-corrected chi connectivity index (χ3v) is 15.2. The fourth-order valence-corrected chi connectivity index (χ4v) is 11.7. The number of pyridine rings is 3. The van der Waals surface area contributed by atoms with Crippen LogP contribution in [0.15, 0.2) is 175 Å². The number of hydrogen-bond donors (Lipinski definition) is 0. The van der Waals surface area contributed by atoms with Crippen molar-refractivity contribution >= 4 is 27.6 Å². The zero-order valence-electron chi connectivity index (χ0n) is 48.2. The van der Waals surface area contributed by atoms with Gasteiger partial charge in [0.1, 0.15) is 5.58 Å². The van der Waals surface area contributed by atoms with E-state index in [1.54, 1.807) is 42.5 Å². The van der Waals surface area contributed by atoms with Gasteiger partial charge in [-0.25, -0.2) is 4.85 Å². The summed E-state index contributed by atoms with van der Waals surface area (Å²) in [6.45, 7) is 5.26. The maximum atomic E-state index is 10.3. The van der Waals surface area contributed by atoms with E-state index in [9.17, 15) is 5.48 Å². The molecule has 0 unspecified atom stereocenters. The molecule has 0 atom stereocenters. The predicted molar refractivity (Wildman–Crippen MR) is 291 cm³/mol. The minimum Gasteiger partial charge on any atom is -0.502 e. The van der Waals surface area contributed by atoms with Gasteiger partial charge in [0.2, 0.25) is 0 Å². The fraction of sp³-hybridized carbons (Fsp3) is 0.224. The van der Waals surface area contributed by atoms with Gasteiger partial charge in [-0.15, -0.1) is 90.0 Å². The monoisotopic (exact) mass is 1130 g/mol. The molecular formula is C67H55IrN4O. The normalized spacial score (nSPS) is 17.0. The van der Waals surface area contributed by atoms with Crippen molar-refractivity contribution in [3.8, 4) is 44.9 Å². The van der Waals surface area contributed by atoms with Crippen LogP contribution in [0, 0.1) is 31.6 Å². The van der Waals surface area contributed by atoms with Crippen molar-refractivity contribution < 1.29 is 35.5 Å². The zero-order valence-corrected chi connectivity index (χ0v) is 42.6. The van der Waals surface area contributed by atoms with Gasteiger partial charge in [-0.05, 0) is 131 Å². The first-order chi connectivity index (χ1) is 38.6. The Balaban J connectivity index is 0.00000690. The quantitative estimate of drug-likeness (QED) is 0.108. The summed E-state index contributed by atoms with van der Waals surface area (Å²) in [6, 6.07) is 54.5. The standard InChI is InChI=1S/C67H55N4O.Ir/c1-46-17-9-10-22-55(46)58-40-62(56-23-15-24-57-64-61(68-2)25-16-26-63(64)72-65(56)57)69-43-52(58)28-27-47-37-48(41-66(33-11-12-34-66)53-29-31-59(70-44-53)50-18-5-3-6-19-50)39-49(38-47)42-67(35-13-14-36-67)54-30-32-60(71-45-54)51-20-7-4-8-21-51;/h3-10,15-18,20,22,24-26,29-32,37-40,43-45H,11-14,27-28,33-36,41-42H2,1H3;/q-3;+3/i1D3,25D,27D2,28D2;. The topological polar surface area (TPSA) is 56.2 Å². The Morgan fingerprint density at radius 2 is 1.25 bits per heavy atom. The molecular weight excluding hydrogens is 1070 g/mol. The van der Waals surface area contributed by atoms with Gasteiger partial charge in [0.25, 0.3) is 0 Å². The number of aromatic nitrogens is 3. The summed E-state index contributed by atoms with van der Waals surface area (Å²) >= 11 is 0. The molecule has 0 N–H and O–H groups in total. The molecule has 2 saturated carbocycles. The van der Waals surface area contributed by atoms with E-state index in [4.69, 9.17) is 31.4 Å². The number of aryl methyl sites for hydroxylation is 3. The van der Waals surface area contributed by atoms with Crippen molar-refractivity contribution in [1.29, 1.82) is 0 Å². The molecule has 358 valence electrons. The molecule has 2 aliphatic carbocycles. The molecule has 0 radical (unpaired) electrons. The molecule has 0 amide bonds. The molecule has 5 nitrogen and oxygen atoms in total. The molecule has 73 heavy (non-hydrogen) atoms. The fourth-order valence-electron chi connectivity index (χ4n) is 11.7. The minimum absolute atomic E-state index is 0. The van der Waals surface area contributed by atoms with E-state index < -0.39 is 19.6 Å². The molecule has 6 heteroatoms. The van der Waals surface area contributed by atoms with Gasteiger partial charge < -0.3 is 19.4 Å². The molecule has 0 spiro atoms. The summed E-state index contributed by atoms with van der Waals surface area (Å²) in [7, 11) is 0. The van der Waals surface area contributed by atoms with Crippen LogP contribution in [0.3, 0.4) is 0 Å². The van der Waals surface area contributed by atoms with Crippen molar-refractivity contribution in [3.63, 3.8) is 0 Å². The van der Waals surface area contributed by atoms with Crippen LogP contribution in [-0.4, -0.2) is 15.0 Å². The third-order valence-electron chi connectivity index (χ3n) is 15.2. The van der Waals surface area contributed by atoms with Crippen molar-refractivity contribution in [1.82, 2.24) is 15.0 Å². The van der Waals surface area contributed by atoms with Crippen LogP contribution in [0.4, 0.5) is 5.69 Å². The summed E-state index contributed by atoms with van der Waals surface area (Å²) in [5, 5.41) is 1.03. The Morgan fingerprint density at radius 3 is 1.84 bits per heavy atom. The number of fused-ring (bicyclic) bond motifs is 3. The van der Waals surface area contributed by atoms with E-state index >= 15 is 0 Å². The van der Waals surface area contributed by atoms with Crippen molar-refractivity contribution in [2.45, 2.75) is 94.6 Å². The Labute approximate surface area is 454 Å². The Morgan fingerprint density at radius 1 is 0.630 bits per heavy atom. The Bertz CT molecular complexity index is 3850. The van der Waals surface area contributed by atoms with Crippen LogP contribution < -0.4 is 0 Å². The van der Waals surface area contributed by atoms with Crippen molar-refractivity contribution in [2.24, 2.45) is 0 Å². The molecule has 10 aromatic rings. The second-order valence-corrected chi connectivity index (χ2v) is 19.6. The summed E-state index contributed by atoms with van der Waals surface area (Å²) < 4.78 is 81.7. The van der Waals surface area contributed by atoms with E-state index in [-0.39, 0.29) is 76.2 Å². The van der Waals surface area contributed by atoms with Gasteiger partial charge in [0, 0.05) is 45.8 Å². The minimum atomic E-state index is -2.83. The van der Waals surface area contributed by atoms with Crippen molar-refractivity contribution in [3.05, 3.63) is 239 Å². The van der Waals surface area contributed by atoms with Gasteiger partial charge in [0.15, 0.2) is 5.69 Å². The second-order valence-electron chi connectivity index (χ2n) is 19.6. The molecule has 4 heterocycles. The molecule has 2 aliphatic rings. The van der Waals surface area contributed by atoms with E-state index in [0.29, 0.717) is 40.3 Å². The van der Waals surface area contributed by atoms with E-state index in [1.165, 1.54) is 18.3 Å². The Hall–Kier alpha value is -7.29. The number of benzene rings is 6. The zero-order chi connectivity index (χ0) is 55.4. The van der Waals surface area contributed by atoms with Gasteiger partial charge in [0.05, 0.1) is 12.2 Å². The van der Waals surface area contributed by atoms with Crippen LogP contribution in [0.5, 0.6) is 0 Å². The van der Waals surface area contributed by atoms with Gasteiger partial charge >= 0.3 is 20.1 Å². The summed E-state index contributed by atoms with van der Waals surface area (Å²) in [6.07, 6.45) is 8.66. The van der Waals surface area contributed by atoms with E-state index in [2.05, 4.69) is 53.4 Å². The van der Waals surface area contributed by atoms with Crippen LogP contribution in [0.25, 0.3) is 71.7 Å². The van der Waals surface area contributed by atoms with E-state index in [1.807, 2.05) is 73.1 Å². The molecule has 0 saturated heterocycles. The summed E-state index contributed by atoms with van der Waals surface area (Å²) in [5.74, 6) is 0. The number of furan rings is 1. The SMILES string of the molecule is [2H]c1ccc2oc3c(-c4cc(-c5ccccc5C([2H])([2H])[2H])c(C([2H])([2H])C([2H])([2H])c5cc(CC6(c7ccc(-c8[c-]cccc8)nc7)CCCC6)cc(CC6(c7ccc(-c8[c-]cccc8)nc7)CCCC6)c5)cn4)[c-]ccc3c2c1[N+]#[C-].[Ir+3]. The maximum absolute atomic E-state index is 10.3. The molecule has 6 aromatic carbocycles. The summed E-state index contributed by atoms with van der Waals surface area (Å²) in [5.41, 5.74) is 8.74. The smallest absolute Gasteiger partial charge is 0.502 e. The van der Waals surface area contributed by atoms with Crippen LogP contribution in [0.2, 0.25) is 0 Å². The van der Waals surface area contributed by atoms with Gasteiger partial charge in [-0.1, -0.05) is 122 Å². The van der Waals surface area contributed by atoms with Gasteiger partial charge in [-0.3, -0.25) is 0 Å².